The van der Waals surface area contributed by atoms with Crippen molar-refractivity contribution in [3.63, 3.8) is 0 Å². The third kappa shape index (κ3) is 3.88. The molecule has 0 radical (unpaired) electrons. The van der Waals surface area contributed by atoms with Gasteiger partial charge in [0, 0.05) is 10.7 Å². The molecule has 0 amide bonds. The maximum absolute atomic E-state index is 11.3. The minimum atomic E-state index is -3.51. The van der Waals surface area contributed by atoms with E-state index >= 15 is 0 Å². The zero-order chi connectivity index (χ0) is 10.6. The number of rotatable bonds is 4. The highest BCUT2D eigenvalue weighted by Crippen LogP contribution is 2.44. The molecule has 0 bridgehead atoms. The molecule has 6 heteroatoms. The van der Waals surface area contributed by atoms with E-state index in [1.807, 2.05) is 0 Å². The Morgan fingerprint density at radius 2 is 2.36 bits per heavy atom. The highest BCUT2D eigenvalue weighted by molar-refractivity contribution is 9.10. The summed E-state index contributed by atoms with van der Waals surface area (Å²) in [5, 5.41) is 0. The van der Waals surface area contributed by atoms with E-state index < -0.39 is 7.60 Å². The summed E-state index contributed by atoms with van der Waals surface area (Å²) >= 11 is 3.23. The van der Waals surface area contributed by atoms with Crippen LogP contribution in [0.15, 0.2) is 22.8 Å². The highest BCUT2D eigenvalue weighted by Gasteiger charge is 2.19. The Balaban J connectivity index is 2.69. The second-order valence-corrected chi connectivity index (χ2v) is 5.45. The van der Waals surface area contributed by atoms with Crippen molar-refractivity contribution in [1.29, 1.82) is 0 Å². The van der Waals surface area contributed by atoms with Crippen molar-refractivity contribution < 1.29 is 14.0 Å². The summed E-state index contributed by atoms with van der Waals surface area (Å²) in [4.78, 5) is 13.3. The molecule has 1 rings (SSSR count). The monoisotopic (exact) mass is 279 g/mol. The van der Waals surface area contributed by atoms with Crippen LogP contribution in [0.25, 0.3) is 0 Å². The molecule has 1 atom stereocenters. The number of aromatic nitrogens is 1. The first-order valence-corrected chi connectivity index (χ1v) is 6.66. The Hall–Kier alpha value is -0.220. The summed E-state index contributed by atoms with van der Waals surface area (Å²) in [6.45, 7) is 1.90. The number of nitrogens with zero attached hydrogens (tertiary/aromatic N) is 1. The molecule has 0 aliphatic rings. The van der Waals surface area contributed by atoms with Crippen LogP contribution in [0.2, 0.25) is 0 Å². The predicted molar refractivity (Wildman–Crippen MR) is 57.1 cm³/mol. The van der Waals surface area contributed by atoms with Gasteiger partial charge >= 0.3 is 7.60 Å². The van der Waals surface area contributed by atoms with Crippen LogP contribution in [0.5, 0.6) is 0 Å². The number of hydrogen-bond acceptors (Lipinski definition) is 3. The Labute approximate surface area is 91.0 Å². The van der Waals surface area contributed by atoms with E-state index in [0.29, 0.717) is 5.69 Å². The Morgan fingerprint density at radius 3 is 2.86 bits per heavy atom. The topological polar surface area (TPSA) is 59.4 Å². The summed E-state index contributed by atoms with van der Waals surface area (Å²) in [6.07, 6.45) is 1.54. The van der Waals surface area contributed by atoms with Gasteiger partial charge in [0.15, 0.2) is 0 Å². The number of pyridine rings is 1. The van der Waals surface area contributed by atoms with Gasteiger partial charge in [-0.1, -0.05) is 0 Å². The minimum absolute atomic E-state index is 0.0475. The first-order valence-electron chi connectivity index (χ1n) is 4.10. The smallest absolute Gasteiger partial charge is 0.324 e. The van der Waals surface area contributed by atoms with Crippen LogP contribution in [-0.2, 0) is 15.3 Å². The van der Waals surface area contributed by atoms with E-state index in [1.165, 1.54) is 0 Å². The molecule has 0 saturated heterocycles. The summed E-state index contributed by atoms with van der Waals surface area (Å²) in [5.74, 6) is 0. The third-order valence-electron chi connectivity index (χ3n) is 1.48. The molecule has 0 aliphatic carbocycles. The van der Waals surface area contributed by atoms with Crippen LogP contribution in [0, 0.1) is 0 Å². The van der Waals surface area contributed by atoms with Gasteiger partial charge in [-0.2, -0.15) is 0 Å². The molecule has 1 unspecified atom stereocenters. The number of halogens is 1. The van der Waals surface area contributed by atoms with Gasteiger partial charge in [-0.25, -0.2) is 0 Å². The summed E-state index contributed by atoms with van der Waals surface area (Å²) < 4.78 is 16.9. The van der Waals surface area contributed by atoms with Gasteiger partial charge in [-0.15, -0.1) is 0 Å². The van der Waals surface area contributed by atoms with Crippen LogP contribution in [0.3, 0.4) is 0 Å². The van der Waals surface area contributed by atoms with Crippen molar-refractivity contribution in [2.45, 2.75) is 13.1 Å². The molecular weight excluding hydrogens is 269 g/mol. The van der Waals surface area contributed by atoms with Crippen molar-refractivity contribution >= 4 is 23.5 Å². The van der Waals surface area contributed by atoms with Crippen molar-refractivity contribution in [3.05, 3.63) is 28.5 Å². The van der Waals surface area contributed by atoms with Crippen molar-refractivity contribution in [1.82, 2.24) is 4.98 Å². The maximum Gasteiger partial charge on any atom is 0.334 e. The molecular formula is C8H11BrNO3P. The zero-order valence-electron chi connectivity index (χ0n) is 7.68. The van der Waals surface area contributed by atoms with Crippen molar-refractivity contribution in [2.24, 2.45) is 0 Å². The van der Waals surface area contributed by atoms with Gasteiger partial charge in [0.05, 0.1) is 18.5 Å². The molecule has 1 aromatic rings. The van der Waals surface area contributed by atoms with E-state index in [-0.39, 0.29) is 12.8 Å². The lowest BCUT2D eigenvalue weighted by Gasteiger charge is -2.09. The standard InChI is InChI=1S/C8H11BrNO3P/c1-2-13-14(11,12)6-8-4-3-7(9)5-10-8/h3-5H,2,6H2,1H3,(H,11,12). The predicted octanol–water partition coefficient (Wildman–Crippen LogP) is 2.57. The fraction of sp³-hybridized carbons (Fsp3) is 0.375. The average Bonchev–Trinajstić information content (AvgIpc) is 2.08. The largest absolute Gasteiger partial charge is 0.334 e. The SMILES string of the molecule is CCOP(=O)(O)Cc1ccc(Br)cn1. The first kappa shape index (κ1) is 11.9. The third-order valence-corrected chi connectivity index (χ3v) is 3.34. The lowest BCUT2D eigenvalue weighted by molar-refractivity contribution is 0.272. The van der Waals surface area contributed by atoms with E-state index in [9.17, 15) is 9.46 Å². The lowest BCUT2D eigenvalue weighted by atomic mass is 10.4. The molecule has 78 valence electrons. The zero-order valence-corrected chi connectivity index (χ0v) is 10.2. The van der Waals surface area contributed by atoms with E-state index in [2.05, 4.69) is 20.9 Å². The Kier molecular flexibility index (Phi) is 4.26. The molecule has 0 aliphatic heterocycles. The number of hydrogen-bond donors (Lipinski definition) is 1. The van der Waals surface area contributed by atoms with E-state index in [1.54, 1.807) is 25.3 Å². The Morgan fingerprint density at radius 1 is 1.64 bits per heavy atom. The van der Waals surface area contributed by atoms with Crippen LogP contribution < -0.4 is 0 Å². The van der Waals surface area contributed by atoms with Crippen molar-refractivity contribution in [3.8, 4) is 0 Å². The van der Waals surface area contributed by atoms with Crippen molar-refractivity contribution in [2.75, 3.05) is 6.61 Å². The fourth-order valence-electron chi connectivity index (χ4n) is 0.952. The normalized spacial score (nSPS) is 15.1. The molecule has 1 heterocycles. The lowest BCUT2D eigenvalue weighted by Crippen LogP contribution is -1.95. The van der Waals surface area contributed by atoms with Crippen LogP contribution in [0.4, 0.5) is 0 Å². The Bertz CT molecular complexity index is 341. The molecule has 1 aromatic heterocycles. The summed E-state index contributed by atoms with van der Waals surface area (Å²) in [7, 11) is -3.51. The molecule has 1 N–H and O–H groups in total. The fourth-order valence-corrected chi connectivity index (χ4v) is 2.28. The van der Waals surface area contributed by atoms with Gasteiger partial charge < -0.3 is 9.42 Å². The summed E-state index contributed by atoms with van der Waals surface area (Å²) in [6, 6.07) is 3.46. The van der Waals surface area contributed by atoms with Crippen LogP contribution >= 0.6 is 23.5 Å². The molecule has 0 spiro atoms. The second kappa shape index (κ2) is 5.03. The maximum atomic E-state index is 11.3. The molecule has 4 nitrogen and oxygen atoms in total. The van der Waals surface area contributed by atoms with E-state index in [0.717, 1.165) is 4.47 Å². The first-order chi connectivity index (χ1) is 6.53. The van der Waals surface area contributed by atoms with Gasteiger partial charge in [-0.3, -0.25) is 9.55 Å². The van der Waals surface area contributed by atoms with Gasteiger partial charge in [-0.05, 0) is 35.0 Å². The summed E-state index contributed by atoms with van der Waals surface area (Å²) in [5.41, 5.74) is 0.549. The van der Waals surface area contributed by atoms with Gasteiger partial charge in [0.25, 0.3) is 0 Å². The quantitative estimate of drug-likeness (QED) is 0.861. The van der Waals surface area contributed by atoms with Crippen LogP contribution in [0.1, 0.15) is 12.6 Å². The van der Waals surface area contributed by atoms with Crippen LogP contribution in [-0.4, -0.2) is 16.5 Å². The minimum Gasteiger partial charge on any atom is -0.324 e. The van der Waals surface area contributed by atoms with E-state index in [4.69, 9.17) is 4.52 Å². The highest BCUT2D eigenvalue weighted by atomic mass is 79.9. The second-order valence-electron chi connectivity index (χ2n) is 2.68. The molecule has 0 aromatic carbocycles. The molecule has 0 saturated carbocycles. The molecule has 0 fully saturated rings. The van der Waals surface area contributed by atoms with Gasteiger partial charge in [0.2, 0.25) is 0 Å². The van der Waals surface area contributed by atoms with Gasteiger partial charge in [0.1, 0.15) is 0 Å². The average molecular weight is 280 g/mol. The molecule has 14 heavy (non-hydrogen) atoms.